The van der Waals surface area contributed by atoms with Crippen LogP contribution in [0.5, 0.6) is 0 Å². The minimum Gasteiger partial charge on any atom is -0.388 e. The van der Waals surface area contributed by atoms with Gasteiger partial charge in [0.2, 0.25) is 0 Å². The number of hydrogen-bond donors (Lipinski definition) is 2. The second-order valence-corrected chi connectivity index (χ2v) is 4.83. The molecule has 1 aliphatic rings. The van der Waals surface area contributed by atoms with Crippen molar-refractivity contribution in [2.45, 2.75) is 25.5 Å². The highest BCUT2D eigenvalue weighted by Crippen LogP contribution is 2.26. The molecule has 1 saturated heterocycles. The summed E-state index contributed by atoms with van der Waals surface area (Å²) in [6.45, 7) is 4.63. The maximum absolute atomic E-state index is 7.56. The van der Waals surface area contributed by atoms with Crippen molar-refractivity contribution in [2.24, 2.45) is 5.73 Å². The number of ether oxygens (including phenoxy) is 1. The van der Waals surface area contributed by atoms with Crippen molar-refractivity contribution in [2.75, 3.05) is 19.7 Å². The fraction of sp³-hybridized carbons (Fsp3) is 0.500. The Morgan fingerprint density at radius 3 is 2.83 bits per heavy atom. The first-order valence-corrected chi connectivity index (χ1v) is 6.40. The number of hydrogen-bond acceptors (Lipinski definition) is 3. The quantitative estimate of drug-likeness (QED) is 0.629. The zero-order valence-electron chi connectivity index (χ0n) is 10.8. The monoisotopic (exact) mass is 247 g/mol. The van der Waals surface area contributed by atoms with Gasteiger partial charge in [-0.3, -0.25) is 10.3 Å². The predicted octanol–water partition coefficient (Wildman–Crippen LogP) is 1.77. The SMILES string of the molecule is CC1CN(C(CC(=N)N)c2ccccc2)CCO1. The molecular weight excluding hydrogens is 226 g/mol. The van der Waals surface area contributed by atoms with Crippen LogP contribution in [0.4, 0.5) is 0 Å². The van der Waals surface area contributed by atoms with Crippen LogP contribution < -0.4 is 5.73 Å². The first-order chi connectivity index (χ1) is 8.66. The number of nitrogens with zero attached hydrogens (tertiary/aromatic N) is 1. The highest BCUT2D eigenvalue weighted by Gasteiger charge is 2.25. The summed E-state index contributed by atoms with van der Waals surface area (Å²) in [5.41, 5.74) is 6.82. The van der Waals surface area contributed by atoms with Crippen LogP contribution in [0, 0.1) is 5.41 Å². The third-order valence-corrected chi connectivity index (χ3v) is 3.31. The molecule has 0 radical (unpaired) electrons. The predicted molar refractivity (Wildman–Crippen MR) is 72.7 cm³/mol. The molecule has 98 valence electrons. The van der Waals surface area contributed by atoms with Crippen LogP contribution in [-0.4, -0.2) is 36.5 Å². The number of rotatable bonds is 4. The largest absolute Gasteiger partial charge is 0.388 e. The second-order valence-electron chi connectivity index (χ2n) is 4.83. The van der Waals surface area contributed by atoms with Crippen LogP contribution in [0.1, 0.15) is 24.9 Å². The normalized spacial score (nSPS) is 22.6. The van der Waals surface area contributed by atoms with E-state index in [-0.39, 0.29) is 18.0 Å². The summed E-state index contributed by atoms with van der Waals surface area (Å²) in [6.07, 6.45) is 0.827. The summed E-state index contributed by atoms with van der Waals surface area (Å²) in [5, 5.41) is 7.56. The van der Waals surface area contributed by atoms with Gasteiger partial charge in [0.25, 0.3) is 0 Å². The molecule has 0 aromatic heterocycles. The van der Waals surface area contributed by atoms with Gasteiger partial charge >= 0.3 is 0 Å². The first kappa shape index (κ1) is 13.1. The molecule has 1 aromatic rings. The summed E-state index contributed by atoms with van der Waals surface area (Å²) >= 11 is 0. The van der Waals surface area contributed by atoms with Gasteiger partial charge in [-0.15, -0.1) is 0 Å². The molecule has 0 aliphatic carbocycles. The lowest BCUT2D eigenvalue weighted by Gasteiger charge is -2.37. The fourth-order valence-electron chi connectivity index (χ4n) is 2.47. The van der Waals surface area contributed by atoms with Gasteiger partial charge in [-0.2, -0.15) is 0 Å². The summed E-state index contributed by atoms with van der Waals surface area (Å²) in [4.78, 5) is 2.37. The smallest absolute Gasteiger partial charge is 0.0924 e. The second kappa shape index (κ2) is 5.98. The number of nitrogens with two attached hydrogens (primary N) is 1. The van der Waals surface area contributed by atoms with E-state index in [4.69, 9.17) is 15.9 Å². The maximum Gasteiger partial charge on any atom is 0.0924 e. The van der Waals surface area contributed by atoms with Gasteiger partial charge in [0.1, 0.15) is 0 Å². The third-order valence-electron chi connectivity index (χ3n) is 3.31. The molecule has 3 N–H and O–H groups in total. The summed E-state index contributed by atoms with van der Waals surface area (Å²) in [5.74, 6) is 0.239. The van der Waals surface area contributed by atoms with E-state index in [0.717, 1.165) is 19.7 Å². The van der Waals surface area contributed by atoms with E-state index >= 15 is 0 Å². The zero-order chi connectivity index (χ0) is 13.0. The number of benzene rings is 1. The zero-order valence-corrected chi connectivity index (χ0v) is 10.8. The van der Waals surface area contributed by atoms with Gasteiger partial charge in [0, 0.05) is 25.6 Å². The lowest BCUT2D eigenvalue weighted by Crippen LogP contribution is -2.44. The van der Waals surface area contributed by atoms with E-state index in [1.54, 1.807) is 0 Å². The van der Waals surface area contributed by atoms with Gasteiger partial charge in [-0.1, -0.05) is 30.3 Å². The van der Waals surface area contributed by atoms with Gasteiger partial charge in [-0.05, 0) is 12.5 Å². The molecule has 2 atom stereocenters. The van der Waals surface area contributed by atoms with Crippen LogP contribution in [0.25, 0.3) is 0 Å². The van der Waals surface area contributed by atoms with E-state index in [9.17, 15) is 0 Å². The topological polar surface area (TPSA) is 62.3 Å². The van der Waals surface area contributed by atoms with Crippen molar-refractivity contribution >= 4 is 5.84 Å². The number of amidine groups is 1. The van der Waals surface area contributed by atoms with Gasteiger partial charge in [0.15, 0.2) is 0 Å². The van der Waals surface area contributed by atoms with E-state index in [0.29, 0.717) is 6.42 Å². The van der Waals surface area contributed by atoms with E-state index in [1.807, 2.05) is 18.2 Å². The highest BCUT2D eigenvalue weighted by molar-refractivity contribution is 5.77. The molecule has 1 heterocycles. The Morgan fingerprint density at radius 2 is 2.22 bits per heavy atom. The van der Waals surface area contributed by atoms with E-state index in [1.165, 1.54) is 5.56 Å². The fourth-order valence-corrected chi connectivity index (χ4v) is 2.47. The Labute approximate surface area is 108 Å². The average molecular weight is 247 g/mol. The molecule has 0 amide bonds. The van der Waals surface area contributed by atoms with Gasteiger partial charge < -0.3 is 10.5 Å². The van der Waals surface area contributed by atoms with Crippen LogP contribution in [0.2, 0.25) is 0 Å². The molecule has 2 rings (SSSR count). The molecule has 1 fully saturated rings. The van der Waals surface area contributed by atoms with E-state index in [2.05, 4.69) is 24.0 Å². The standard InChI is InChI=1S/C14H21N3O/c1-11-10-17(7-8-18-11)13(9-14(15)16)12-5-3-2-4-6-12/h2-6,11,13H,7-10H2,1H3,(H3,15,16). The number of nitrogens with one attached hydrogen (secondary N) is 1. The summed E-state index contributed by atoms with van der Waals surface area (Å²) < 4.78 is 5.57. The lowest BCUT2D eigenvalue weighted by molar-refractivity contribution is -0.0337. The van der Waals surface area contributed by atoms with Crippen LogP contribution in [0.3, 0.4) is 0 Å². The molecule has 2 unspecified atom stereocenters. The molecule has 1 aromatic carbocycles. The van der Waals surface area contributed by atoms with Crippen molar-refractivity contribution in [1.82, 2.24) is 4.90 Å². The molecular formula is C14H21N3O. The average Bonchev–Trinajstić information content (AvgIpc) is 2.37. The van der Waals surface area contributed by atoms with Crippen LogP contribution >= 0.6 is 0 Å². The molecule has 0 spiro atoms. The summed E-state index contributed by atoms with van der Waals surface area (Å²) in [6, 6.07) is 10.5. The van der Waals surface area contributed by atoms with Crippen molar-refractivity contribution in [3.8, 4) is 0 Å². The van der Waals surface area contributed by atoms with Crippen molar-refractivity contribution in [3.05, 3.63) is 35.9 Å². The molecule has 1 aliphatic heterocycles. The minimum atomic E-state index is 0.190. The Hall–Kier alpha value is -1.39. The highest BCUT2D eigenvalue weighted by atomic mass is 16.5. The molecule has 0 saturated carbocycles. The Bertz CT molecular complexity index is 393. The molecule has 18 heavy (non-hydrogen) atoms. The van der Waals surface area contributed by atoms with E-state index < -0.39 is 0 Å². The molecule has 0 bridgehead atoms. The first-order valence-electron chi connectivity index (χ1n) is 6.40. The van der Waals surface area contributed by atoms with Gasteiger partial charge in [0.05, 0.1) is 18.5 Å². The van der Waals surface area contributed by atoms with Crippen LogP contribution in [-0.2, 0) is 4.74 Å². The van der Waals surface area contributed by atoms with Crippen molar-refractivity contribution in [3.63, 3.8) is 0 Å². The molecule has 4 heteroatoms. The molecule has 4 nitrogen and oxygen atoms in total. The maximum atomic E-state index is 7.56. The Balaban J connectivity index is 2.16. The third kappa shape index (κ3) is 3.31. The van der Waals surface area contributed by atoms with Crippen LogP contribution in [0.15, 0.2) is 30.3 Å². The lowest BCUT2D eigenvalue weighted by atomic mass is 10.0. The van der Waals surface area contributed by atoms with Gasteiger partial charge in [-0.25, -0.2) is 0 Å². The number of morpholine rings is 1. The minimum absolute atomic E-state index is 0.190. The Morgan fingerprint density at radius 1 is 1.50 bits per heavy atom. The van der Waals surface area contributed by atoms with Crippen molar-refractivity contribution in [1.29, 1.82) is 5.41 Å². The summed E-state index contributed by atoms with van der Waals surface area (Å²) in [7, 11) is 0. The van der Waals surface area contributed by atoms with Crippen molar-refractivity contribution < 1.29 is 4.74 Å². The Kier molecular flexibility index (Phi) is 4.33.